The second kappa shape index (κ2) is 6.19. The maximum Gasteiger partial charge on any atom is 0.305 e. The van der Waals surface area contributed by atoms with Gasteiger partial charge in [-0.1, -0.05) is 11.6 Å². The SMILES string of the molecule is CC(Oc1ccc([N+](=O)[O-])c(F)c1)C(=O)c1ccc(Cl)s1. The third kappa shape index (κ3) is 3.56. The first-order chi connectivity index (χ1) is 9.88. The number of rotatable bonds is 5. The van der Waals surface area contributed by atoms with Crippen LogP contribution in [0.2, 0.25) is 4.34 Å². The monoisotopic (exact) mass is 329 g/mol. The highest BCUT2D eigenvalue weighted by Gasteiger charge is 2.20. The van der Waals surface area contributed by atoms with Gasteiger partial charge in [0.25, 0.3) is 0 Å². The lowest BCUT2D eigenvalue weighted by molar-refractivity contribution is -0.387. The van der Waals surface area contributed by atoms with Gasteiger partial charge in [0.15, 0.2) is 6.10 Å². The quantitative estimate of drug-likeness (QED) is 0.470. The van der Waals surface area contributed by atoms with Crippen LogP contribution in [0.5, 0.6) is 5.75 Å². The molecule has 1 unspecified atom stereocenters. The van der Waals surface area contributed by atoms with Gasteiger partial charge in [0, 0.05) is 12.1 Å². The number of ether oxygens (including phenoxy) is 1. The van der Waals surface area contributed by atoms with Crippen molar-refractivity contribution in [3.8, 4) is 5.75 Å². The van der Waals surface area contributed by atoms with Gasteiger partial charge < -0.3 is 4.74 Å². The Bertz CT molecular complexity index is 703. The Balaban J connectivity index is 2.12. The summed E-state index contributed by atoms with van der Waals surface area (Å²) in [6, 6.07) is 6.28. The van der Waals surface area contributed by atoms with Crippen molar-refractivity contribution >= 4 is 34.4 Å². The topological polar surface area (TPSA) is 69.4 Å². The van der Waals surface area contributed by atoms with E-state index in [0.29, 0.717) is 9.21 Å². The lowest BCUT2D eigenvalue weighted by atomic mass is 10.2. The number of nitro groups is 1. The number of nitro benzene ring substituents is 1. The lowest BCUT2D eigenvalue weighted by Crippen LogP contribution is -2.23. The summed E-state index contributed by atoms with van der Waals surface area (Å²) in [4.78, 5) is 22.2. The van der Waals surface area contributed by atoms with Crippen molar-refractivity contribution in [1.82, 2.24) is 0 Å². The maximum absolute atomic E-state index is 13.5. The van der Waals surface area contributed by atoms with Crippen LogP contribution in [0.3, 0.4) is 0 Å². The molecule has 0 spiro atoms. The normalized spacial score (nSPS) is 12.0. The van der Waals surface area contributed by atoms with E-state index in [2.05, 4.69) is 0 Å². The fourth-order valence-corrected chi connectivity index (χ4v) is 2.67. The number of nitrogens with zero attached hydrogens (tertiary/aromatic N) is 1. The number of halogens is 2. The van der Waals surface area contributed by atoms with E-state index in [1.807, 2.05) is 0 Å². The van der Waals surface area contributed by atoms with Crippen molar-refractivity contribution in [1.29, 1.82) is 0 Å². The number of Topliss-reactive ketones (excluding diaryl/α,β-unsaturated/α-hetero) is 1. The van der Waals surface area contributed by atoms with Gasteiger partial charge in [-0.25, -0.2) is 0 Å². The van der Waals surface area contributed by atoms with Crippen LogP contribution in [0.25, 0.3) is 0 Å². The first-order valence-corrected chi connectivity index (χ1v) is 6.98. The first kappa shape index (κ1) is 15.4. The van der Waals surface area contributed by atoms with E-state index in [0.717, 1.165) is 23.5 Å². The molecule has 0 N–H and O–H groups in total. The number of thiophene rings is 1. The highest BCUT2D eigenvalue weighted by molar-refractivity contribution is 7.18. The molecule has 0 aliphatic rings. The van der Waals surface area contributed by atoms with Gasteiger partial charge in [-0.3, -0.25) is 14.9 Å². The number of ketones is 1. The van der Waals surface area contributed by atoms with Crippen molar-refractivity contribution in [3.05, 3.63) is 55.5 Å². The van der Waals surface area contributed by atoms with E-state index in [-0.39, 0.29) is 11.5 Å². The second-order valence-electron chi connectivity index (χ2n) is 4.10. The van der Waals surface area contributed by atoms with Crippen LogP contribution in [-0.4, -0.2) is 16.8 Å². The predicted molar refractivity (Wildman–Crippen MR) is 76.8 cm³/mol. The zero-order valence-corrected chi connectivity index (χ0v) is 12.3. The predicted octanol–water partition coefficient (Wildman–Crippen LogP) is 4.10. The highest BCUT2D eigenvalue weighted by Crippen LogP contribution is 2.26. The molecular weight excluding hydrogens is 321 g/mol. The summed E-state index contributed by atoms with van der Waals surface area (Å²) in [6.45, 7) is 1.51. The van der Waals surface area contributed by atoms with Crippen molar-refractivity contribution in [2.45, 2.75) is 13.0 Å². The molecule has 0 fully saturated rings. The van der Waals surface area contributed by atoms with Gasteiger partial charge in [0.05, 0.1) is 14.1 Å². The summed E-state index contributed by atoms with van der Waals surface area (Å²) in [5, 5.41) is 10.5. The molecule has 110 valence electrons. The third-order valence-electron chi connectivity index (χ3n) is 2.61. The molecule has 0 radical (unpaired) electrons. The zero-order chi connectivity index (χ0) is 15.6. The molecule has 1 aromatic carbocycles. The molecule has 21 heavy (non-hydrogen) atoms. The summed E-state index contributed by atoms with van der Waals surface area (Å²) in [7, 11) is 0. The molecule has 0 amide bonds. The minimum atomic E-state index is -1.02. The molecule has 1 atom stereocenters. The first-order valence-electron chi connectivity index (χ1n) is 5.78. The average Bonchev–Trinajstić information content (AvgIpc) is 2.84. The molecule has 0 saturated carbocycles. The third-order valence-corrected chi connectivity index (χ3v) is 3.86. The molecular formula is C13H9ClFNO4S. The van der Waals surface area contributed by atoms with Gasteiger partial charge in [-0.05, 0) is 25.1 Å². The molecule has 0 bridgehead atoms. The Morgan fingerprint density at radius 3 is 2.67 bits per heavy atom. The van der Waals surface area contributed by atoms with Crippen molar-refractivity contribution in [2.75, 3.05) is 0 Å². The minimum absolute atomic E-state index is 0.0432. The van der Waals surface area contributed by atoms with E-state index in [9.17, 15) is 19.3 Å². The van der Waals surface area contributed by atoms with Crippen molar-refractivity contribution < 1.29 is 18.8 Å². The largest absolute Gasteiger partial charge is 0.482 e. The van der Waals surface area contributed by atoms with E-state index in [4.69, 9.17) is 16.3 Å². The Morgan fingerprint density at radius 1 is 1.43 bits per heavy atom. The molecule has 8 heteroatoms. The lowest BCUT2D eigenvalue weighted by Gasteiger charge is -2.12. The number of carbonyl (C=O) groups excluding carboxylic acids is 1. The van der Waals surface area contributed by atoms with Crippen LogP contribution in [-0.2, 0) is 0 Å². The van der Waals surface area contributed by atoms with Gasteiger partial charge in [0.2, 0.25) is 11.6 Å². The van der Waals surface area contributed by atoms with Gasteiger partial charge in [-0.15, -0.1) is 11.3 Å². The fourth-order valence-electron chi connectivity index (χ4n) is 1.61. The number of benzene rings is 1. The van der Waals surface area contributed by atoms with E-state index < -0.39 is 22.5 Å². The molecule has 5 nitrogen and oxygen atoms in total. The molecule has 2 rings (SSSR count). The van der Waals surface area contributed by atoms with Crippen molar-refractivity contribution in [3.63, 3.8) is 0 Å². The molecule has 2 aromatic rings. The second-order valence-corrected chi connectivity index (χ2v) is 5.81. The van der Waals surface area contributed by atoms with Crippen LogP contribution in [0.15, 0.2) is 30.3 Å². The van der Waals surface area contributed by atoms with E-state index >= 15 is 0 Å². The Labute approximate surface area is 128 Å². The molecule has 0 saturated heterocycles. The molecule has 0 aliphatic heterocycles. The van der Waals surface area contributed by atoms with E-state index in [1.54, 1.807) is 12.1 Å². The Hall–Kier alpha value is -1.99. The van der Waals surface area contributed by atoms with Crippen LogP contribution in [0.1, 0.15) is 16.6 Å². The molecule has 0 aliphatic carbocycles. The van der Waals surface area contributed by atoms with Crippen LogP contribution in [0.4, 0.5) is 10.1 Å². The van der Waals surface area contributed by atoms with Gasteiger partial charge in [0.1, 0.15) is 5.75 Å². The number of hydrogen-bond acceptors (Lipinski definition) is 5. The standard InChI is InChI=1S/C13H9ClFNO4S/c1-7(13(17)11-4-5-12(14)21-11)20-8-2-3-10(16(18)19)9(15)6-8/h2-7H,1H3. The van der Waals surface area contributed by atoms with Crippen LogP contribution < -0.4 is 4.74 Å². The van der Waals surface area contributed by atoms with Crippen LogP contribution >= 0.6 is 22.9 Å². The molecule has 1 aromatic heterocycles. The summed E-state index contributed by atoms with van der Waals surface area (Å²) in [5.41, 5.74) is -0.647. The van der Waals surface area contributed by atoms with Crippen LogP contribution in [0, 0.1) is 15.9 Å². The fraction of sp³-hybridized carbons (Fsp3) is 0.154. The zero-order valence-electron chi connectivity index (χ0n) is 10.7. The van der Waals surface area contributed by atoms with Crippen molar-refractivity contribution in [2.24, 2.45) is 0 Å². The highest BCUT2D eigenvalue weighted by atomic mass is 35.5. The summed E-state index contributed by atoms with van der Waals surface area (Å²) in [6.07, 6.45) is -0.861. The number of hydrogen-bond donors (Lipinski definition) is 0. The number of carbonyl (C=O) groups is 1. The van der Waals surface area contributed by atoms with E-state index in [1.165, 1.54) is 13.0 Å². The van der Waals surface area contributed by atoms with Gasteiger partial charge >= 0.3 is 5.69 Å². The minimum Gasteiger partial charge on any atom is -0.482 e. The maximum atomic E-state index is 13.5. The summed E-state index contributed by atoms with van der Waals surface area (Å²) in [5.74, 6) is -1.27. The van der Waals surface area contributed by atoms with Gasteiger partial charge in [-0.2, -0.15) is 4.39 Å². The summed E-state index contributed by atoms with van der Waals surface area (Å²) >= 11 is 6.87. The average molecular weight is 330 g/mol. The smallest absolute Gasteiger partial charge is 0.305 e. The summed E-state index contributed by atoms with van der Waals surface area (Å²) < 4.78 is 19.2. The molecule has 1 heterocycles. The Morgan fingerprint density at radius 2 is 2.14 bits per heavy atom. The Kier molecular flexibility index (Phi) is 4.54.